The van der Waals surface area contributed by atoms with Gasteiger partial charge in [0.05, 0.1) is 7.11 Å². The molecule has 2 rings (SSSR count). The Kier molecular flexibility index (Phi) is 5.13. The van der Waals surface area contributed by atoms with Gasteiger partial charge in [0.25, 0.3) is 0 Å². The van der Waals surface area contributed by atoms with Crippen LogP contribution in [0.4, 0.5) is 0 Å². The summed E-state index contributed by atoms with van der Waals surface area (Å²) < 4.78 is 11.1. The summed E-state index contributed by atoms with van der Waals surface area (Å²) in [7, 11) is 3.49. The first-order chi connectivity index (χ1) is 10.3. The largest absolute Gasteiger partial charge is 0.497 e. The van der Waals surface area contributed by atoms with Crippen LogP contribution in [-0.4, -0.2) is 19.1 Å². The van der Waals surface area contributed by atoms with Crippen LogP contribution in [0.1, 0.15) is 16.8 Å². The predicted octanol–water partition coefficient (Wildman–Crippen LogP) is 2.26. The molecule has 0 radical (unpaired) electrons. The second kappa shape index (κ2) is 7.27. The molecule has 0 saturated carbocycles. The zero-order chi connectivity index (χ0) is 15.1. The molecule has 0 fully saturated rings. The van der Waals surface area contributed by atoms with Crippen molar-refractivity contribution in [3.05, 3.63) is 53.3 Å². The minimum Gasteiger partial charge on any atom is -0.497 e. The predicted molar refractivity (Wildman–Crippen MR) is 79.0 cm³/mol. The summed E-state index contributed by atoms with van der Waals surface area (Å²) in [5, 5.41) is 12.1. The maximum absolute atomic E-state index is 9.04. The Bertz CT molecular complexity index is 650. The topological polar surface area (TPSA) is 67.2 Å². The highest BCUT2D eigenvalue weighted by Crippen LogP contribution is 2.25. The van der Waals surface area contributed by atoms with Gasteiger partial charge in [-0.1, -0.05) is 12.1 Å². The average molecular weight is 283 g/mol. The SMILES string of the molecule is CNCc1ccc(OC)cc1OCc1cccnc1C#N. The molecule has 21 heavy (non-hydrogen) atoms. The highest BCUT2D eigenvalue weighted by Gasteiger charge is 2.08. The van der Waals surface area contributed by atoms with E-state index in [1.165, 1.54) is 0 Å². The molecule has 0 amide bonds. The van der Waals surface area contributed by atoms with E-state index in [-0.39, 0.29) is 0 Å². The van der Waals surface area contributed by atoms with Crippen LogP contribution in [-0.2, 0) is 13.2 Å². The quantitative estimate of drug-likeness (QED) is 0.880. The molecule has 1 aromatic heterocycles. The van der Waals surface area contributed by atoms with E-state index in [1.807, 2.05) is 31.3 Å². The van der Waals surface area contributed by atoms with Crippen LogP contribution in [0.3, 0.4) is 0 Å². The molecule has 108 valence electrons. The average Bonchev–Trinajstić information content (AvgIpc) is 2.54. The lowest BCUT2D eigenvalue weighted by Gasteiger charge is -2.13. The summed E-state index contributed by atoms with van der Waals surface area (Å²) in [5.41, 5.74) is 2.18. The number of hydrogen-bond acceptors (Lipinski definition) is 5. The Morgan fingerprint density at radius 2 is 2.14 bits per heavy atom. The van der Waals surface area contributed by atoms with Crippen molar-refractivity contribution in [3.8, 4) is 17.6 Å². The van der Waals surface area contributed by atoms with Crippen molar-refractivity contribution in [3.63, 3.8) is 0 Å². The van der Waals surface area contributed by atoms with Crippen molar-refractivity contribution >= 4 is 0 Å². The van der Waals surface area contributed by atoms with Crippen LogP contribution in [0, 0.1) is 11.3 Å². The number of hydrogen-bond donors (Lipinski definition) is 1. The van der Waals surface area contributed by atoms with Gasteiger partial charge in [-0.25, -0.2) is 4.98 Å². The van der Waals surface area contributed by atoms with Gasteiger partial charge in [-0.2, -0.15) is 5.26 Å². The fraction of sp³-hybridized carbons (Fsp3) is 0.250. The molecule has 0 spiro atoms. The van der Waals surface area contributed by atoms with E-state index in [9.17, 15) is 0 Å². The zero-order valence-corrected chi connectivity index (χ0v) is 12.1. The van der Waals surface area contributed by atoms with Crippen molar-refractivity contribution < 1.29 is 9.47 Å². The monoisotopic (exact) mass is 283 g/mol. The molecule has 0 atom stereocenters. The summed E-state index contributed by atoms with van der Waals surface area (Å²) in [4.78, 5) is 4.02. The van der Waals surface area contributed by atoms with E-state index in [1.54, 1.807) is 19.4 Å². The molecular formula is C16H17N3O2. The first-order valence-electron chi connectivity index (χ1n) is 6.56. The smallest absolute Gasteiger partial charge is 0.147 e. The molecule has 0 aliphatic carbocycles. The number of ether oxygens (including phenoxy) is 2. The molecule has 5 nitrogen and oxygen atoms in total. The van der Waals surface area contributed by atoms with Crippen molar-refractivity contribution in [2.45, 2.75) is 13.2 Å². The second-order valence-electron chi connectivity index (χ2n) is 4.42. The summed E-state index contributed by atoms with van der Waals surface area (Å²) in [5.74, 6) is 1.47. The highest BCUT2D eigenvalue weighted by atomic mass is 16.5. The first kappa shape index (κ1) is 14.8. The maximum atomic E-state index is 9.04. The Morgan fingerprint density at radius 1 is 1.29 bits per heavy atom. The van der Waals surface area contributed by atoms with E-state index in [0.717, 1.165) is 22.6 Å². The number of nitriles is 1. The number of benzene rings is 1. The third kappa shape index (κ3) is 3.71. The number of methoxy groups -OCH3 is 1. The lowest BCUT2D eigenvalue weighted by molar-refractivity contribution is 0.299. The van der Waals surface area contributed by atoms with Gasteiger partial charge in [0.1, 0.15) is 29.9 Å². The van der Waals surface area contributed by atoms with Gasteiger partial charge >= 0.3 is 0 Å². The van der Waals surface area contributed by atoms with Crippen molar-refractivity contribution in [1.82, 2.24) is 10.3 Å². The molecule has 0 aliphatic rings. The summed E-state index contributed by atoms with van der Waals surface area (Å²) in [6, 6.07) is 11.4. The Hall–Kier alpha value is -2.58. The highest BCUT2D eigenvalue weighted by molar-refractivity contribution is 5.41. The summed E-state index contributed by atoms with van der Waals surface area (Å²) in [6.07, 6.45) is 1.60. The minimum absolute atomic E-state index is 0.292. The Balaban J connectivity index is 2.20. The van der Waals surface area contributed by atoms with Crippen LogP contribution in [0.15, 0.2) is 36.5 Å². The van der Waals surface area contributed by atoms with Crippen molar-refractivity contribution in [2.24, 2.45) is 0 Å². The first-order valence-corrected chi connectivity index (χ1v) is 6.56. The normalized spacial score (nSPS) is 9.95. The number of rotatable bonds is 6. The number of aromatic nitrogens is 1. The fourth-order valence-corrected chi connectivity index (χ4v) is 1.94. The van der Waals surface area contributed by atoms with Gasteiger partial charge < -0.3 is 14.8 Å². The Morgan fingerprint density at radius 3 is 2.86 bits per heavy atom. The van der Waals surface area contributed by atoms with Gasteiger partial charge in [0.15, 0.2) is 0 Å². The van der Waals surface area contributed by atoms with Crippen molar-refractivity contribution in [2.75, 3.05) is 14.2 Å². The van der Waals surface area contributed by atoms with E-state index >= 15 is 0 Å². The molecule has 0 saturated heterocycles. The number of pyridine rings is 1. The van der Waals surface area contributed by atoms with Crippen LogP contribution in [0.25, 0.3) is 0 Å². The molecule has 2 aromatic rings. The molecule has 1 N–H and O–H groups in total. The number of nitrogens with zero attached hydrogens (tertiary/aromatic N) is 2. The van der Waals surface area contributed by atoms with E-state index in [0.29, 0.717) is 18.8 Å². The minimum atomic E-state index is 0.292. The van der Waals surface area contributed by atoms with Crippen LogP contribution in [0.2, 0.25) is 0 Å². The van der Waals surface area contributed by atoms with Gasteiger partial charge in [0, 0.05) is 29.9 Å². The van der Waals surface area contributed by atoms with Crippen LogP contribution >= 0.6 is 0 Å². The summed E-state index contributed by atoms with van der Waals surface area (Å²) >= 11 is 0. The summed E-state index contributed by atoms with van der Waals surface area (Å²) in [6.45, 7) is 0.984. The van der Waals surface area contributed by atoms with E-state index in [4.69, 9.17) is 14.7 Å². The van der Waals surface area contributed by atoms with E-state index in [2.05, 4.69) is 16.4 Å². The zero-order valence-electron chi connectivity index (χ0n) is 12.1. The van der Waals surface area contributed by atoms with Gasteiger partial charge in [-0.15, -0.1) is 0 Å². The van der Waals surface area contributed by atoms with Crippen LogP contribution < -0.4 is 14.8 Å². The molecule has 0 aliphatic heterocycles. The fourth-order valence-electron chi connectivity index (χ4n) is 1.94. The second-order valence-corrected chi connectivity index (χ2v) is 4.42. The molecule has 0 unspecified atom stereocenters. The molecular weight excluding hydrogens is 266 g/mol. The van der Waals surface area contributed by atoms with Gasteiger partial charge in [-0.05, 0) is 19.2 Å². The maximum Gasteiger partial charge on any atom is 0.147 e. The molecule has 1 aromatic carbocycles. The lowest BCUT2D eigenvalue weighted by Crippen LogP contribution is -2.08. The standard InChI is InChI=1S/C16H17N3O2/c1-18-10-12-5-6-14(20-2)8-16(12)21-11-13-4-3-7-19-15(13)9-17/h3-8,18H,10-11H2,1-2H3. The molecule has 5 heteroatoms. The van der Waals surface area contributed by atoms with E-state index < -0.39 is 0 Å². The van der Waals surface area contributed by atoms with Gasteiger partial charge in [-0.3, -0.25) is 0 Å². The number of nitrogens with one attached hydrogen (secondary N) is 1. The third-order valence-corrected chi connectivity index (χ3v) is 3.02. The Labute approximate surface area is 124 Å². The lowest BCUT2D eigenvalue weighted by atomic mass is 10.2. The van der Waals surface area contributed by atoms with Crippen LogP contribution in [0.5, 0.6) is 11.5 Å². The van der Waals surface area contributed by atoms with Gasteiger partial charge in [0.2, 0.25) is 0 Å². The van der Waals surface area contributed by atoms with Crippen molar-refractivity contribution in [1.29, 1.82) is 5.26 Å². The third-order valence-electron chi connectivity index (χ3n) is 3.02. The molecule has 0 bridgehead atoms. The molecule has 1 heterocycles.